The maximum absolute atomic E-state index is 13.1. The lowest BCUT2D eigenvalue weighted by Gasteiger charge is -2.41. The summed E-state index contributed by atoms with van der Waals surface area (Å²) in [7, 11) is 0. The number of amides is 3. The van der Waals surface area contributed by atoms with Gasteiger partial charge in [0.05, 0.1) is 5.56 Å². The van der Waals surface area contributed by atoms with E-state index in [9.17, 15) is 24.6 Å². The minimum Gasteiger partial charge on any atom is -0.508 e. The van der Waals surface area contributed by atoms with Crippen LogP contribution in [0.5, 0.6) is 11.5 Å². The molecule has 170 valence electrons. The normalized spacial score (nSPS) is 19.0. The van der Waals surface area contributed by atoms with Crippen molar-refractivity contribution in [3.63, 3.8) is 0 Å². The Balaban J connectivity index is 1.63. The molecule has 1 aliphatic heterocycles. The van der Waals surface area contributed by atoms with E-state index in [0.717, 1.165) is 19.2 Å². The topological polar surface area (TPSA) is 136 Å². The molecule has 3 rings (SSSR count). The van der Waals surface area contributed by atoms with Crippen molar-refractivity contribution in [2.24, 2.45) is 5.73 Å². The van der Waals surface area contributed by atoms with Crippen molar-refractivity contribution in [3.8, 4) is 11.5 Å². The predicted octanol–water partition coefficient (Wildman–Crippen LogP) is 0.939. The molecule has 2 fully saturated rings. The van der Waals surface area contributed by atoms with Crippen molar-refractivity contribution in [1.82, 2.24) is 15.1 Å². The van der Waals surface area contributed by atoms with E-state index < -0.39 is 17.9 Å². The van der Waals surface area contributed by atoms with Gasteiger partial charge in [-0.2, -0.15) is 0 Å². The number of phenols is 2. The highest BCUT2D eigenvalue weighted by atomic mass is 16.3. The first-order valence-electron chi connectivity index (χ1n) is 11.0. The third kappa shape index (κ3) is 6.10. The second-order valence-electron chi connectivity index (χ2n) is 8.39. The number of nitrogens with zero attached hydrogens (tertiary/aromatic N) is 2. The first-order valence-corrected chi connectivity index (χ1v) is 11.0. The molecular formula is C22H32N4O5. The molecule has 0 spiro atoms. The van der Waals surface area contributed by atoms with Crippen LogP contribution in [0.15, 0.2) is 18.2 Å². The summed E-state index contributed by atoms with van der Waals surface area (Å²) in [4.78, 5) is 41.2. The van der Waals surface area contributed by atoms with Gasteiger partial charge in [0, 0.05) is 44.7 Å². The molecule has 3 amide bonds. The smallest absolute Gasteiger partial charge is 0.255 e. The molecule has 1 aliphatic carbocycles. The van der Waals surface area contributed by atoms with Crippen LogP contribution in [0.1, 0.15) is 55.3 Å². The Morgan fingerprint density at radius 1 is 1.06 bits per heavy atom. The molecule has 1 heterocycles. The van der Waals surface area contributed by atoms with Crippen molar-refractivity contribution >= 4 is 17.7 Å². The molecule has 5 N–H and O–H groups in total. The van der Waals surface area contributed by atoms with Crippen LogP contribution in [0, 0.1) is 0 Å². The number of hydrogen-bond acceptors (Lipinski definition) is 6. The number of hydrogen-bond donors (Lipinski definition) is 4. The number of primary amides is 1. The second kappa shape index (κ2) is 10.5. The molecular weight excluding hydrogens is 400 g/mol. The number of carbonyl (C=O) groups excluding carboxylic acids is 3. The molecule has 31 heavy (non-hydrogen) atoms. The molecule has 1 aromatic carbocycles. The van der Waals surface area contributed by atoms with Gasteiger partial charge >= 0.3 is 0 Å². The van der Waals surface area contributed by atoms with Gasteiger partial charge in [-0.3, -0.25) is 19.3 Å². The Hall–Kier alpha value is -2.81. The van der Waals surface area contributed by atoms with Crippen LogP contribution in [0.3, 0.4) is 0 Å². The van der Waals surface area contributed by atoms with E-state index in [-0.39, 0.29) is 35.8 Å². The van der Waals surface area contributed by atoms with Crippen molar-refractivity contribution in [1.29, 1.82) is 0 Å². The summed E-state index contributed by atoms with van der Waals surface area (Å²) in [6.45, 7) is 2.74. The SMILES string of the molecule is NC(=O)CC[C@H](NC(=O)c1ccc(O)cc1O)C(=O)N1CCN(C2CCCCC2)CC1. The van der Waals surface area contributed by atoms with Crippen LogP contribution in [-0.4, -0.2) is 76.0 Å². The van der Waals surface area contributed by atoms with E-state index in [1.807, 2.05) is 0 Å². The molecule has 2 aliphatic rings. The lowest BCUT2D eigenvalue weighted by atomic mass is 9.94. The lowest BCUT2D eigenvalue weighted by Crippen LogP contribution is -2.56. The van der Waals surface area contributed by atoms with Gasteiger partial charge in [0.2, 0.25) is 11.8 Å². The van der Waals surface area contributed by atoms with E-state index in [0.29, 0.717) is 19.1 Å². The summed E-state index contributed by atoms with van der Waals surface area (Å²) in [5.41, 5.74) is 5.19. The zero-order chi connectivity index (χ0) is 22.4. The number of carbonyl (C=O) groups is 3. The number of aromatic hydroxyl groups is 2. The fourth-order valence-corrected chi connectivity index (χ4v) is 4.47. The Bertz CT molecular complexity index is 801. The third-order valence-corrected chi connectivity index (χ3v) is 6.23. The first-order chi connectivity index (χ1) is 14.8. The summed E-state index contributed by atoms with van der Waals surface area (Å²) in [6, 6.07) is 3.28. The molecule has 1 aromatic rings. The van der Waals surface area contributed by atoms with Crippen LogP contribution >= 0.6 is 0 Å². The van der Waals surface area contributed by atoms with Crippen molar-refractivity contribution in [2.75, 3.05) is 26.2 Å². The summed E-state index contributed by atoms with van der Waals surface area (Å²) in [5.74, 6) is -2.02. The Morgan fingerprint density at radius 2 is 1.74 bits per heavy atom. The highest BCUT2D eigenvalue weighted by Crippen LogP contribution is 2.24. The first kappa shape index (κ1) is 22.9. The highest BCUT2D eigenvalue weighted by Gasteiger charge is 2.31. The Kier molecular flexibility index (Phi) is 7.73. The van der Waals surface area contributed by atoms with Gasteiger partial charge in [0.15, 0.2) is 0 Å². The fourth-order valence-electron chi connectivity index (χ4n) is 4.47. The van der Waals surface area contributed by atoms with Crippen LogP contribution in [0.2, 0.25) is 0 Å². The average Bonchev–Trinajstić information content (AvgIpc) is 2.76. The van der Waals surface area contributed by atoms with Crippen LogP contribution in [0.25, 0.3) is 0 Å². The summed E-state index contributed by atoms with van der Waals surface area (Å²) >= 11 is 0. The number of benzene rings is 1. The quantitative estimate of drug-likeness (QED) is 0.506. The van der Waals surface area contributed by atoms with E-state index in [4.69, 9.17) is 5.73 Å². The summed E-state index contributed by atoms with van der Waals surface area (Å²) in [5, 5.41) is 22.0. The van der Waals surface area contributed by atoms with Gasteiger partial charge in [-0.25, -0.2) is 0 Å². The molecule has 0 aromatic heterocycles. The summed E-state index contributed by atoms with van der Waals surface area (Å²) in [6.07, 6.45) is 6.28. The van der Waals surface area contributed by atoms with Gasteiger partial charge in [-0.1, -0.05) is 19.3 Å². The van der Waals surface area contributed by atoms with Crippen LogP contribution in [-0.2, 0) is 9.59 Å². The Labute approximate surface area is 182 Å². The largest absolute Gasteiger partial charge is 0.508 e. The molecule has 0 unspecified atom stereocenters. The fraction of sp³-hybridized carbons (Fsp3) is 0.591. The van der Waals surface area contributed by atoms with Gasteiger partial charge < -0.3 is 26.2 Å². The number of piperazine rings is 1. The third-order valence-electron chi connectivity index (χ3n) is 6.23. The Morgan fingerprint density at radius 3 is 2.35 bits per heavy atom. The van der Waals surface area contributed by atoms with Gasteiger partial charge in [-0.05, 0) is 31.4 Å². The average molecular weight is 433 g/mol. The van der Waals surface area contributed by atoms with Gasteiger partial charge in [0.1, 0.15) is 17.5 Å². The number of rotatable bonds is 7. The van der Waals surface area contributed by atoms with E-state index in [1.54, 1.807) is 4.90 Å². The van der Waals surface area contributed by atoms with Crippen LogP contribution < -0.4 is 11.1 Å². The highest BCUT2D eigenvalue weighted by molar-refractivity contribution is 5.99. The molecule has 9 heteroatoms. The molecule has 9 nitrogen and oxygen atoms in total. The monoisotopic (exact) mass is 432 g/mol. The van der Waals surface area contributed by atoms with E-state index in [1.165, 1.54) is 44.2 Å². The molecule has 1 saturated heterocycles. The van der Waals surface area contributed by atoms with Gasteiger partial charge in [0.25, 0.3) is 5.91 Å². The maximum atomic E-state index is 13.1. The standard InChI is InChI=1S/C22H32N4O5/c23-20(29)9-8-18(24-21(30)17-7-6-16(27)14-19(17)28)22(31)26-12-10-25(11-13-26)15-4-2-1-3-5-15/h6-7,14-15,18,27-28H,1-5,8-13H2,(H2,23,29)(H,24,30)/t18-/m0/s1. The summed E-state index contributed by atoms with van der Waals surface area (Å²) < 4.78 is 0. The molecule has 1 atom stereocenters. The zero-order valence-electron chi connectivity index (χ0n) is 17.8. The minimum atomic E-state index is -0.922. The van der Waals surface area contributed by atoms with Crippen molar-refractivity contribution in [3.05, 3.63) is 23.8 Å². The number of phenolic OH excluding ortho intramolecular Hbond substituents is 2. The van der Waals surface area contributed by atoms with Crippen molar-refractivity contribution in [2.45, 2.75) is 57.0 Å². The molecule has 1 saturated carbocycles. The lowest BCUT2D eigenvalue weighted by molar-refractivity contribution is -0.135. The van der Waals surface area contributed by atoms with Crippen LogP contribution in [0.4, 0.5) is 0 Å². The van der Waals surface area contributed by atoms with Gasteiger partial charge in [-0.15, -0.1) is 0 Å². The van der Waals surface area contributed by atoms with E-state index >= 15 is 0 Å². The number of nitrogens with two attached hydrogens (primary N) is 1. The number of nitrogens with one attached hydrogen (secondary N) is 1. The predicted molar refractivity (Wildman–Crippen MR) is 114 cm³/mol. The maximum Gasteiger partial charge on any atom is 0.255 e. The second-order valence-corrected chi connectivity index (χ2v) is 8.39. The molecule has 0 bridgehead atoms. The van der Waals surface area contributed by atoms with E-state index in [2.05, 4.69) is 10.2 Å². The molecule has 0 radical (unpaired) electrons. The van der Waals surface area contributed by atoms with Crippen molar-refractivity contribution < 1.29 is 24.6 Å². The zero-order valence-corrected chi connectivity index (χ0v) is 17.8. The minimum absolute atomic E-state index is 0.0414.